The number of esters is 1. The van der Waals surface area contributed by atoms with E-state index >= 15 is 0 Å². The molecular weight excluding hydrogens is 545 g/mol. The minimum Gasteiger partial charge on any atom is -0.468 e. The summed E-state index contributed by atoms with van der Waals surface area (Å²) < 4.78 is 29.7. The van der Waals surface area contributed by atoms with Crippen molar-refractivity contribution in [2.75, 3.05) is 59.7 Å². The SMILES string of the molecule is COC(=O)Cn1cc(C[C@H]2NC(=O)CN(CCNC(=O)c3ccc(F)cc3)C(=O)COCCOCCNC2=O)nn1. The van der Waals surface area contributed by atoms with Crippen LogP contribution in [-0.2, 0) is 46.4 Å². The van der Waals surface area contributed by atoms with E-state index < -0.39 is 48.0 Å². The van der Waals surface area contributed by atoms with Crippen LogP contribution in [0.25, 0.3) is 0 Å². The Kier molecular flexibility index (Phi) is 12.1. The van der Waals surface area contributed by atoms with Crippen LogP contribution in [0.15, 0.2) is 30.5 Å². The predicted molar refractivity (Wildman–Crippen MR) is 138 cm³/mol. The van der Waals surface area contributed by atoms with Gasteiger partial charge in [0.1, 0.15) is 25.0 Å². The number of hydrogen-bond acceptors (Lipinski definition) is 10. The third kappa shape index (κ3) is 10.6. The van der Waals surface area contributed by atoms with Gasteiger partial charge in [-0.1, -0.05) is 5.21 Å². The van der Waals surface area contributed by atoms with Crippen molar-refractivity contribution in [1.82, 2.24) is 35.8 Å². The van der Waals surface area contributed by atoms with E-state index in [9.17, 15) is 28.4 Å². The van der Waals surface area contributed by atoms with Gasteiger partial charge in [0.25, 0.3) is 5.91 Å². The fourth-order valence-electron chi connectivity index (χ4n) is 3.68. The van der Waals surface area contributed by atoms with Crippen LogP contribution >= 0.6 is 0 Å². The molecule has 0 unspecified atom stereocenters. The Morgan fingerprint density at radius 1 is 1.15 bits per heavy atom. The Morgan fingerprint density at radius 3 is 2.66 bits per heavy atom. The van der Waals surface area contributed by atoms with Gasteiger partial charge in [-0.05, 0) is 24.3 Å². The lowest BCUT2D eigenvalue weighted by atomic mass is 10.1. The summed E-state index contributed by atoms with van der Waals surface area (Å²) in [6.45, 7) is -0.343. The van der Waals surface area contributed by atoms with Crippen LogP contribution in [0.2, 0.25) is 0 Å². The summed E-state index contributed by atoms with van der Waals surface area (Å²) in [6, 6.07) is 3.87. The third-order valence-electron chi connectivity index (χ3n) is 5.77. The van der Waals surface area contributed by atoms with E-state index in [0.29, 0.717) is 5.69 Å². The smallest absolute Gasteiger partial charge is 0.327 e. The number of carbonyl (C=O) groups excluding carboxylic acids is 5. The monoisotopic (exact) mass is 577 g/mol. The molecule has 16 heteroatoms. The van der Waals surface area contributed by atoms with Gasteiger partial charge < -0.3 is 35.1 Å². The first-order valence-electron chi connectivity index (χ1n) is 12.7. The molecule has 1 aromatic heterocycles. The molecule has 1 fully saturated rings. The molecule has 0 spiro atoms. The van der Waals surface area contributed by atoms with Gasteiger partial charge >= 0.3 is 5.97 Å². The molecule has 2 aromatic rings. The van der Waals surface area contributed by atoms with Crippen molar-refractivity contribution >= 4 is 29.6 Å². The molecule has 3 N–H and O–H groups in total. The fraction of sp³-hybridized carbons (Fsp3) is 0.480. The van der Waals surface area contributed by atoms with E-state index in [-0.39, 0.29) is 64.6 Å². The number of rotatable bonds is 8. The highest BCUT2D eigenvalue weighted by atomic mass is 19.1. The molecule has 1 aromatic carbocycles. The average molecular weight is 578 g/mol. The van der Waals surface area contributed by atoms with Gasteiger partial charge in [0, 0.05) is 37.8 Å². The predicted octanol–water partition coefficient (Wildman–Crippen LogP) is -1.96. The van der Waals surface area contributed by atoms with Crippen LogP contribution in [0.3, 0.4) is 0 Å². The van der Waals surface area contributed by atoms with Gasteiger partial charge in [0.2, 0.25) is 17.7 Å². The Balaban J connectivity index is 1.67. The molecule has 1 aliphatic rings. The average Bonchev–Trinajstić information content (AvgIpc) is 3.39. The number of aromatic nitrogens is 3. The number of amides is 4. The van der Waals surface area contributed by atoms with Crippen molar-refractivity contribution < 1.29 is 42.6 Å². The molecule has 222 valence electrons. The van der Waals surface area contributed by atoms with Crippen molar-refractivity contribution in [2.24, 2.45) is 0 Å². The van der Waals surface area contributed by atoms with Crippen molar-refractivity contribution in [2.45, 2.75) is 19.0 Å². The van der Waals surface area contributed by atoms with Crippen LogP contribution in [-0.4, -0.2) is 115 Å². The summed E-state index contributed by atoms with van der Waals surface area (Å²) >= 11 is 0. The Bertz CT molecular complexity index is 1210. The molecule has 2 heterocycles. The number of nitrogens with zero attached hydrogens (tertiary/aromatic N) is 4. The van der Waals surface area contributed by atoms with Gasteiger partial charge in [0.15, 0.2) is 0 Å². The van der Waals surface area contributed by atoms with Crippen molar-refractivity contribution in [3.8, 4) is 0 Å². The molecule has 3 rings (SSSR count). The van der Waals surface area contributed by atoms with Crippen molar-refractivity contribution in [3.63, 3.8) is 0 Å². The highest BCUT2D eigenvalue weighted by molar-refractivity contribution is 5.94. The van der Waals surface area contributed by atoms with Gasteiger partial charge in [-0.25, -0.2) is 9.07 Å². The third-order valence-corrected chi connectivity index (χ3v) is 5.77. The van der Waals surface area contributed by atoms with Gasteiger partial charge in [-0.2, -0.15) is 0 Å². The Hall–Kier alpha value is -4.44. The van der Waals surface area contributed by atoms with Gasteiger partial charge in [-0.3, -0.25) is 24.0 Å². The number of hydrogen-bond donors (Lipinski definition) is 3. The number of halogens is 1. The molecule has 0 bridgehead atoms. The van der Waals surface area contributed by atoms with Gasteiger partial charge in [-0.15, -0.1) is 5.10 Å². The summed E-state index contributed by atoms with van der Waals surface area (Å²) in [5, 5.41) is 15.7. The quantitative estimate of drug-likeness (QED) is 0.298. The molecule has 1 saturated heterocycles. The van der Waals surface area contributed by atoms with E-state index in [1.807, 2.05) is 0 Å². The zero-order valence-electron chi connectivity index (χ0n) is 22.5. The first kappa shape index (κ1) is 31.1. The minimum absolute atomic E-state index is 0.00838. The second kappa shape index (κ2) is 16.0. The number of ether oxygens (including phenoxy) is 3. The molecule has 4 amide bonds. The lowest BCUT2D eigenvalue weighted by Gasteiger charge is -2.24. The Morgan fingerprint density at radius 2 is 1.90 bits per heavy atom. The molecule has 1 aliphatic heterocycles. The molecule has 15 nitrogen and oxygen atoms in total. The zero-order chi connectivity index (χ0) is 29.6. The zero-order valence-corrected chi connectivity index (χ0v) is 22.5. The van der Waals surface area contributed by atoms with Crippen LogP contribution in [0.1, 0.15) is 16.1 Å². The fourth-order valence-corrected chi connectivity index (χ4v) is 3.68. The van der Waals surface area contributed by atoms with Crippen LogP contribution in [0.4, 0.5) is 4.39 Å². The molecule has 0 saturated carbocycles. The standard InChI is InChI=1S/C25H32FN7O8/c1-39-23(36)15-33-13-19(30-31-33)12-20-25(38)28-7-9-40-10-11-41-16-22(35)32(14-21(34)29-20)8-6-27-24(37)17-2-4-18(26)5-3-17/h2-5,13,20H,6-12,14-16H2,1H3,(H,27,37)(H,28,38)(H,29,34)/t20-/m1/s1. The first-order chi connectivity index (χ1) is 19.7. The molecule has 1 atom stereocenters. The van der Waals surface area contributed by atoms with Crippen LogP contribution in [0, 0.1) is 5.82 Å². The highest BCUT2D eigenvalue weighted by Gasteiger charge is 2.25. The minimum atomic E-state index is -1.08. The van der Waals surface area contributed by atoms with E-state index in [1.165, 1.54) is 35.0 Å². The van der Waals surface area contributed by atoms with E-state index in [0.717, 1.165) is 12.1 Å². The number of methoxy groups -OCH3 is 1. The maximum atomic E-state index is 13.1. The summed E-state index contributed by atoms with van der Waals surface area (Å²) in [7, 11) is 1.24. The topological polar surface area (TPSA) is 183 Å². The molecule has 0 radical (unpaired) electrons. The summed E-state index contributed by atoms with van der Waals surface area (Å²) in [6.07, 6.45) is 1.40. The normalized spacial score (nSPS) is 17.6. The lowest BCUT2D eigenvalue weighted by molar-refractivity contribution is -0.141. The van der Waals surface area contributed by atoms with Gasteiger partial charge in [0.05, 0.1) is 39.2 Å². The summed E-state index contributed by atoms with van der Waals surface area (Å²) in [4.78, 5) is 63.7. The van der Waals surface area contributed by atoms with E-state index in [2.05, 4.69) is 31.0 Å². The number of nitrogens with one attached hydrogen (secondary N) is 3. The van der Waals surface area contributed by atoms with E-state index in [4.69, 9.17) is 9.47 Å². The van der Waals surface area contributed by atoms with Crippen molar-refractivity contribution in [3.05, 3.63) is 47.5 Å². The Labute approximate surface area is 234 Å². The van der Waals surface area contributed by atoms with Crippen LogP contribution < -0.4 is 16.0 Å². The second-order valence-corrected chi connectivity index (χ2v) is 8.84. The molecular formula is C25H32FN7O8. The summed E-state index contributed by atoms with van der Waals surface area (Å²) in [5.74, 6) is -3.17. The maximum absolute atomic E-state index is 13.1. The number of benzene rings is 1. The van der Waals surface area contributed by atoms with Crippen LogP contribution in [0.5, 0.6) is 0 Å². The molecule has 0 aliphatic carbocycles. The highest BCUT2D eigenvalue weighted by Crippen LogP contribution is 2.04. The number of carbonyl (C=O) groups is 5. The lowest BCUT2D eigenvalue weighted by Crippen LogP contribution is -2.52. The summed E-state index contributed by atoms with van der Waals surface area (Å²) in [5.41, 5.74) is 0.557. The molecule has 41 heavy (non-hydrogen) atoms. The second-order valence-electron chi connectivity index (χ2n) is 8.84. The first-order valence-corrected chi connectivity index (χ1v) is 12.7. The van der Waals surface area contributed by atoms with Crippen molar-refractivity contribution in [1.29, 1.82) is 0 Å². The van der Waals surface area contributed by atoms with E-state index in [1.54, 1.807) is 0 Å². The largest absolute Gasteiger partial charge is 0.468 e. The maximum Gasteiger partial charge on any atom is 0.327 e.